The Bertz CT molecular complexity index is 60.1. The minimum Gasteiger partial charge on any atom is -0.658 e. The molecule has 0 atom stereocenters. The molecule has 0 aliphatic carbocycles. The zero-order valence-electron chi connectivity index (χ0n) is 9.07. The number of nitrogens with zero attached hydrogens (tertiary/aromatic N) is 1. The summed E-state index contributed by atoms with van der Waals surface area (Å²) in [6.07, 6.45) is 0. The van der Waals surface area contributed by atoms with Crippen LogP contribution in [0.5, 0.6) is 0 Å². The summed E-state index contributed by atoms with van der Waals surface area (Å²) in [5.41, 5.74) is 0. The summed E-state index contributed by atoms with van der Waals surface area (Å²) in [6.45, 7) is 10.3. The van der Waals surface area contributed by atoms with Crippen LogP contribution < -0.4 is 0 Å². The molecule has 0 bridgehead atoms. The Morgan fingerprint density at radius 2 is 1.15 bits per heavy atom. The molecule has 84 valence electrons. The molecule has 13 heavy (non-hydrogen) atoms. The second-order valence-electron chi connectivity index (χ2n) is 2.65. The standard InChI is InChI=1S/C6H14N.C2H6O.2ClH.Ti/c1-5(2)7-6(3)4;1-2-3;;;/h5-6H,1-4H3;3H,2H2,1H3;2*1H;/q-1;;;;. The summed E-state index contributed by atoms with van der Waals surface area (Å²) < 4.78 is 0. The minimum absolute atomic E-state index is 0. The number of hydrogen-bond donors (Lipinski definition) is 1. The summed E-state index contributed by atoms with van der Waals surface area (Å²) in [4.78, 5) is 0. The number of aliphatic hydroxyl groups is 1. The molecule has 0 amide bonds. The smallest absolute Gasteiger partial charge is 0.0402 e. The maximum Gasteiger partial charge on any atom is 0.0402 e. The van der Waals surface area contributed by atoms with E-state index in [1.165, 1.54) is 0 Å². The van der Waals surface area contributed by atoms with Gasteiger partial charge in [0.2, 0.25) is 0 Å². The third-order valence-electron chi connectivity index (χ3n) is 0.596. The quantitative estimate of drug-likeness (QED) is 0.766. The summed E-state index contributed by atoms with van der Waals surface area (Å²) in [5, 5.41) is 11.8. The van der Waals surface area contributed by atoms with E-state index in [4.69, 9.17) is 5.11 Å². The Labute approximate surface area is 110 Å². The number of rotatable bonds is 2. The minimum atomic E-state index is 0. The van der Waals surface area contributed by atoms with Gasteiger partial charge >= 0.3 is 0 Å². The molecule has 2 nitrogen and oxygen atoms in total. The number of halogens is 2. The molecule has 0 rings (SSSR count). The molecule has 0 saturated heterocycles. The molecule has 0 aliphatic heterocycles. The first-order chi connectivity index (χ1) is 4.54. The molecule has 1 N–H and O–H groups in total. The van der Waals surface area contributed by atoms with Gasteiger partial charge in [-0.25, -0.2) is 0 Å². The predicted octanol–water partition coefficient (Wildman–Crippen LogP) is 3.02. The van der Waals surface area contributed by atoms with E-state index in [-0.39, 0.29) is 53.1 Å². The largest absolute Gasteiger partial charge is 0.658 e. The van der Waals surface area contributed by atoms with Crippen molar-refractivity contribution in [1.29, 1.82) is 0 Å². The van der Waals surface area contributed by atoms with Crippen LogP contribution in [0.25, 0.3) is 5.32 Å². The first kappa shape index (κ1) is 29.2. The fourth-order valence-corrected chi connectivity index (χ4v) is 0.596. The van der Waals surface area contributed by atoms with Gasteiger partial charge in [-0.05, 0) is 6.92 Å². The van der Waals surface area contributed by atoms with Crippen LogP contribution in [-0.4, -0.2) is 23.8 Å². The topological polar surface area (TPSA) is 34.3 Å². The van der Waals surface area contributed by atoms with Crippen LogP contribution in [0.2, 0.25) is 0 Å². The van der Waals surface area contributed by atoms with E-state index in [0.717, 1.165) is 0 Å². The van der Waals surface area contributed by atoms with Crippen LogP contribution in [0.1, 0.15) is 34.6 Å². The third-order valence-corrected chi connectivity index (χ3v) is 0.596. The molecular weight excluding hydrogens is 245 g/mol. The van der Waals surface area contributed by atoms with Crippen molar-refractivity contribution in [2.24, 2.45) is 0 Å². The second kappa shape index (κ2) is 23.2. The first-order valence-corrected chi connectivity index (χ1v) is 3.85. The summed E-state index contributed by atoms with van der Waals surface area (Å²) in [7, 11) is 0. The van der Waals surface area contributed by atoms with Gasteiger partial charge in [0.25, 0.3) is 0 Å². The molecule has 0 heterocycles. The van der Waals surface area contributed by atoms with Crippen molar-refractivity contribution in [1.82, 2.24) is 0 Å². The van der Waals surface area contributed by atoms with Gasteiger partial charge in [-0.2, -0.15) is 0 Å². The Hall–Kier alpha value is 1.21. The van der Waals surface area contributed by atoms with Gasteiger partial charge in [-0.1, -0.05) is 27.7 Å². The van der Waals surface area contributed by atoms with Crippen molar-refractivity contribution in [3.8, 4) is 0 Å². The number of hydrogen-bond acceptors (Lipinski definition) is 1. The van der Waals surface area contributed by atoms with Gasteiger partial charge in [0.15, 0.2) is 0 Å². The predicted molar refractivity (Wildman–Crippen MR) is 60.9 cm³/mol. The Balaban J connectivity index is -0.0000000320. The molecule has 0 unspecified atom stereocenters. The van der Waals surface area contributed by atoms with Crippen molar-refractivity contribution in [3.05, 3.63) is 5.32 Å². The van der Waals surface area contributed by atoms with Gasteiger partial charge in [-0.15, -0.1) is 36.9 Å². The molecule has 0 aromatic carbocycles. The van der Waals surface area contributed by atoms with Crippen LogP contribution in [0.15, 0.2) is 0 Å². The second-order valence-corrected chi connectivity index (χ2v) is 2.65. The molecule has 5 heteroatoms. The van der Waals surface area contributed by atoms with Crippen LogP contribution in [0.4, 0.5) is 0 Å². The van der Waals surface area contributed by atoms with E-state index in [1.54, 1.807) is 6.92 Å². The van der Waals surface area contributed by atoms with Crippen molar-refractivity contribution < 1.29 is 26.8 Å². The molecule has 0 aromatic rings. The van der Waals surface area contributed by atoms with Gasteiger partial charge in [0.1, 0.15) is 0 Å². The van der Waals surface area contributed by atoms with Crippen molar-refractivity contribution in [2.75, 3.05) is 6.61 Å². The van der Waals surface area contributed by atoms with E-state index in [2.05, 4.69) is 33.0 Å². The third kappa shape index (κ3) is 61.1. The maximum atomic E-state index is 7.57. The van der Waals surface area contributed by atoms with E-state index in [9.17, 15) is 0 Å². The fraction of sp³-hybridized carbons (Fsp3) is 1.00. The van der Waals surface area contributed by atoms with Crippen LogP contribution in [0, 0.1) is 0 Å². The zero-order chi connectivity index (χ0) is 8.57. The fourth-order valence-electron chi connectivity index (χ4n) is 0.596. The van der Waals surface area contributed by atoms with Gasteiger partial charge in [0.05, 0.1) is 0 Å². The average Bonchev–Trinajstić information content (AvgIpc) is 1.62. The summed E-state index contributed by atoms with van der Waals surface area (Å²) in [6, 6.07) is 1.000. The molecule has 0 fully saturated rings. The molecule has 0 spiro atoms. The number of aliphatic hydroxyl groups excluding tert-OH is 1. The average molecular weight is 267 g/mol. The van der Waals surface area contributed by atoms with Crippen molar-refractivity contribution >= 4 is 24.8 Å². The van der Waals surface area contributed by atoms with Gasteiger partial charge in [0, 0.05) is 28.3 Å². The van der Waals surface area contributed by atoms with Crippen molar-refractivity contribution in [3.63, 3.8) is 0 Å². The van der Waals surface area contributed by atoms with Gasteiger partial charge in [-0.3, -0.25) is 0 Å². The molecule has 0 saturated carbocycles. The molecular formula is C8H22Cl2NOTi-. The van der Waals surface area contributed by atoms with Crippen LogP contribution >= 0.6 is 24.8 Å². The summed E-state index contributed by atoms with van der Waals surface area (Å²) >= 11 is 0. The van der Waals surface area contributed by atoms with Crippen LogP contribution in [0.3, 0.4) is 0 Å². The zero-order valence-corrected chi connectivity index (χ0v) is 12.3. The molecule has 0 radical (unpaired) electrons. The Morgan fingerprint density at radius 3 is 1.15 bits per heavy atom. The van der Waals surface area contributed by atoms with E-state index < -0.39 is 0 Å². The van der Waals surface area contributed by atoms with Crippen molar-refractivity contribution in [2.45, 2.75) is 46.7 Å². The van der Waals surface area contributed by atoms with E-state index in [1.807, 2.05) is 0 Å². The Kier molecular flexibility index (Phi) is 52.2. The maximum absolute atomic E-state index is 7.57. The molecule has 0 aliphatic rings. The van der Waals surface area contributed by atoms with E-state index >= 15 is 0 Å². The Morgan fingerprint density at radius 1 is 1.00 bits per heavy atom. The molecule has 0 aromatic heterocycles. The van der Waals surface area contributed by atoms with E-state index in [0.29, 0.717) is 12.1 Å². The normalized spacial score (nSPS) is 7.38. The van der Waals surface area contributed by atoms with Crippen LogP contribution in [-0.2, 0) is 21.7 Å². The first-order valence-electron chi connectivity index (χ1n) is 3.85. The monoisotopic (exact) mass is 266 g/mol. The summed E-state index contributed by atoms with van der Waals surface area (Å²) in [5.74, 6) is 0. The van der Waals surface area contributed by atoms with Gasteiger partial charge < -0.3 is 10.4 Å². The SMILES string of the molecule is CC(C)[N-]C(C)C.CCO.Cl.Cl.[Ti].